The highest BCUT2D eigenvalue weighted by atomic mass is 16.5. The van der Waals surface area contributed by atoms with Crippen molar-refractivity contribution in [2.24, 2.45) is 0 Å². The van der Waals surface area contributed by atoms with E-state index < -0.39 is 12.2 Å². The number of aliphatic hydroxyl groups excluding tert-OH is 2. The molecule has 4 nitrogen and oxygen atoms in total. The number of hydrogen-bond acceptors (Lipinski definition) is 4. The summed E-state index contributed by atoms with van der Waals surface area (Å²) in [6.45, 7) is 6.82. The molecule has 0 aliphatic rings. The summed E-state index contributed by atoms with van der Waals surface area (Å²) in [5.41, 5.74) is 2.20. The van der Waals surface area contributed by atoms with Crippen LogP contribution >= 0.6 is 0 Å². The lowest BCUT2D eigenvalue weighted by Gasteiger charge is -2.15. The predicted molar refractivity (Wildman–Crippen MR) is 72.0 cm³/mol. The van der Waals surface area contributed by atoms with Crippen molar-refractivity contribution in [3.05, 3.63) is 29.3 Å². The molecule has 0 aromatic heterocycles. The maximum absolute atomic E-state index is 9.71. The van der Waals surface area contributed by atoms with Crippen LogP contribution in [0.25, 0.3) is 0 Å². The van der Waals surface area contributed by atoms with E-state index in [1.165, 1.54) is 0 Å². The Balaban J connectivity index is 2.33. The van der Waals surface area contributed by atoms with E-state index in [0.29, 0.717) is 13.1 Å². The minimum atomic E-state index is -0.580. The molecule has 4 heteroatoms. The Labute approximate surface area is 109 Å². The summed E-state index contributed by atoms with van der Waals surface area (Å²) in [5, 5.41) is 21.7. The van der Waals surface area contributed by atoms with Gasteiger partial charge in [-0.25, -0.2) is 0 Å². The number of nitrogens with one attached hydrogen (secondary N) is 1. The Hall–Kier alpha value is -1.10. The third-order valence-electron chi connectivity index (χ3n) is 2.59. The van der Waals surface area contributed by atoms with Crippen LogP contribution in [0.2, 0.25) is 0 Å². The largest absolute Gasteiger partial charge is 0.491 e. The molecule has 0 heterocycles. The van der Waals surface area contributed by atoms with E-state index in [-0.39, 0.29) is 6.61 Å². The molecule has 0 radical (unpaired) electrons. The second kappa shape index (κ2) is 7.36. The fraction of sp³-hybridized carbons (Fsp3) is 0.571. The van der Waals surface area contributed by atoms with E-state index in [2.05, 4.69) is 5.32 Å². The summed E-state index contributed by atoms with van der Waals surface area (Å²) in [5.74, 6) is 0.810. The molecule has 0 amide bonds. The summed E-state index contributed by atoms with van der Waals surface area (Å²) in [4.78, 5) is 0. The molecule has 0 bridgehead atoms. The van der Waals surface area contributed by atoms with Crippen LogP contribution in [0.3, 0.4) is 0 Å². The van der Waals surface area contributed by atoms with Crippen molar-refractivity contribution in [2.45, 2.75) is 33.0 Å². The Morgan fingerprint density at radius 3 is 2.61 bits per heavy atom. The van der Waals surface area contributed by atoms with E-state index in [1.807, 2.05) is 32.0 Å². The first-order valence-electron chi connectivity index (χ1n) is 6.26. The van der Waals surface area contributed by atoms with Crippen molar-refractivity contribution < 1.29 is 14.9 Å². The second-order valence-corrected chi connectivity index (χ2v) is 4.74. The molecule has 102 valence electrons. The summed E-state index contributed by atoms with van der Waals surface area (Å²) in [7, 11) is 0. The molecule has 18 heavy (non-hydrogen) atoms. The average molecular weight is 253 g/mol. The van der Waals surface area contributed by atoms with Gasteiger partial charge in [0, 0.05) is 13.1 Å². The molecule has 0 saturated heterocycles. The first kappa shape index (κ1) is 15.0. The fourth-order valence-corrected chi connectivity index (χ4v) is 1.57. The van der Waals surface area contributed by atoms with Gasteiger partial charge >= 0.3 is 0 Å². The number of aliphatic hydroxyl groups is 2. The van der Waals surface area contributed by atoms with E-state index in [9.17, 15) is 5.11 Å². The Morgan fingerprint density at radius 2 is 1.94 bits per heavy atom. The van der Waals surface area contributed by atoms with Crippen LogP contribution in [0.5, 0.6) is 5.75 Å². The van der Waals surface area contributed by atoms with Gasteiger partial charge in [-0.15, -0.1) is 0 Å². The summed E-state index contributed by atoms with van der Waals surface area (Å²) < 4.78 is 5.58. The van der Waals surface area contributed by atoms with E-state index in [1.54, 1.807) is 6.92 Å². The minimum absolute atomic E-state index is 0.247. The zero-order valence-electron chi connectivity index (χ0n) is 11.3. The highest BCUT2D eigenvalue weighted by Crippen LogP contribution is 2.19. The highest BCUT2D eigenvalue weighted by Gasteiger charge is 2.07. The van der Waals surface area contributed by atoms with Gasteiger partial charge in [-0.3, -0.25) is 0 Å². The molecule has 1 aromatic rings. The lowest BCUT2D eigenvalue weighted by atomic mass is 10.1. The average Bonchev–Trinajstić information content (AvgIpc) is 2.30. The van der Waals surface area contributed by atoms with Gasteiger partial charge in [-0.05, 0) is 38.0 Å². The zero-order valence-corrected chi connectivity index (χ0v) is 11.3. The van der Waals surface area contributed by atoms with Crippen molar-refractivity contribution in [1.29, 1.82) is 0 Å². The van der Waals surface area contributed by atoms with E-state index in [4.69, 9.17) is 9.84 Å². The molecular weight excluding hydrogens is 230 g/mol. The topological polar surface area (TPSA) is 61.7 Å². The van der Waals surface area contributed by atoms with E-state index in [0.717, 1.165) is 16.9 Å². The summed E-state index contributed by atoms with van der Waals surface area (Å²) >= 11 is 0. The van der Waals surface area contributed by atoms with Crippen LogP contribution < -0.4 is 10.1 Å². The number of ether oxygens (including phenoxy) is 1. The molecule has 1 aromatic carbocycles. The van der Waals surface area contributed by atoms with Gasteiger partial charge in [-0.2, -0.15) is 0 Å². The van der Waals surface area contributed by atoms with Crippen molar-refractivity contribution in [1.82, 2.24) is 5.32 Å². The summed E-state index contributed by atoms with van der Waals surface area (Å²) in [6.07, 6.45) is -0.985. The first-order valence-corrected chi connectivity index (χ1v) is 6.26. The SMILES string of the molecule is Cc1ccc(C)c(OCC(O)CNCC(C)O)c1. The highest BCUT2D eigenvalue weighted by molar-refractivity contribution is 5.35. The van der Waals surface area contributed by atoms with Crippen LogP contribution in [-0.4, -0.2) is 42.1 Å². The van der Waals surface area contributed by atoms with E-state index >= 15 is 0 Å². The third-order valence-corrected chi connectivity index (χ3v) is 2.59. The van der Waals surface area contributed by atoms with Crippen LogP contribution in [0.15, 0.2) is 18.2 Å². The van der Waals surface area contributed by atoms with Crippen LogP contribution in [-0.2, 0) is 0 Å². The molecule has 3 N–H and O–H groups in total. The number of aryl methyl sites for hydroxylation is 2. The van der Waals surface area contributed by atoms with Crippen LogP contribution in [0.4, 0.5) is 0 Å². The van der Waals surface area contributed by atoms with Crippen molar-refractivity contribution in [2.75, 3.05) is 19.7 Å². The van der Waals surface area contributed by atoms with Gasteiger partial charge in [0.1, 0.15) is 18.5 Å². The molecule has 0 spiro atoms. The minimum Gasteiger partial charge on any atom is -0.491 e. The van der Waals surface area contributed by atoms with Crippen molar-refractivity contribution in [3.8, 4) is 5.75 Å². The fourth-order valence-electron chi connectivity index (χ4n) is 1.57. The lowest BCUT2D eigenvalue weighted by Crippen LogP contribution is -2.35. The molecule has 1 rings (SSSR count). The normalized spacial score (nSPS) is 14.3. The Kier molecular flexibility index (Phi) is 6.12. The quantitative estimate of drug-likeness (QED) is 0.679. The standard InChI is InChI=1S/C14H23NO3/c1-10-4-5-11(2)14(6-10)18-9-13(17)8-15-7-12(3)16/h4-6,12-13,15-17H,7-9H2,1-3H3. The maximum Gasteiger partial charge on any atom is 0.122 e. The van der Waals surface area contributed by atoms with Gasteiger partial charge in [0.25, 0.3) is 0 Å². The van der Waals surface area contributed by atoms with Crippen molar-refractivity contribution >= 4 is 0 Å². The third kappa shape index (κ3) is 5.49. The molecule has 0 aliphatic heterocycles. The second-order valence-electron chi connectivity index (χ2n) is 4.74. The van der Waals surface area contributed by atoms with Crippen LogP contribution in [0.1, 0.15) is 18.1 Å². The van der Waals surface area contributed by atoms with Crippen LogP contribution in [0, 0.1) is 13.8 Å². The van der Waals surface area contributed by atoms with Gasteiger partial charge in [-0.1, -0.05) is 12.1 Å². The molecule has 0 saturated carbocycles. The van der Waals surface area contributed by atoms with Gasteiger partial charge in [0.2, 0.25) is 0 Å². The molecular formula is C14H23NO3. The molecule has 2 atom stereocenters. The van der Waals surface area contributed by atoms with Gasteiger partial charge in [0.15, 0.2) is 0 Å². The van der Waals surface area contributed by atoms with Gasteiger partial charge in [0.05, 0.1) is 6.10 Å². The number of hydrogen-bond donors (Lipinski definition) is 3. The Morgan fingerprint density at radius 1 is 1.22 bits per heavy atom. The molecule has 0 fully saturated rings. The number of benzene rings is 1. The Bertz CT molecular complexity index is 366. The zero-order chi connectivity index (χ0) is 13.5. The lowest BCUT2D eigenvalue weighted by molar-refractivity contribution is 0.101. The number of rotatable bonds is 7. The van der Waals surface area contributed by atoms with Gasteiger partial charge < -0.3 is 20.3 Å². The first-order chi connectivity index (χ1) is 8.49. The maximum atomic E-state index is 9.71. The smallest absolute Gasteiger partial charge is 0.122 e. The summed E-state index contributed by atoms with van der Waals surface area (Å²) in [6, 6.07) is 6.00. The monoisotopic (exact) mass is 253 g/mol. The predicted octanol–water partition coefficient (Wildman–Crippen LogP) is 1.01. The molecule has 2 unspecified atom stereocenters. The molecule has 0 aliphatic carbocycles. The van der Waals surface area contributed by atoms with Crippen molar-refractivity contribution in [3.63, 3.8) is 0 Å².